The van der Waals surface area contributed by atoms with E-state index in [0.717, 1.165) is 0 Å². The van der Waals surface area contributed by atoms with Gasteiger partial charge in [-0.15, -0.1) is 11.8 Å². The SMILES string of the molecule is C=CC1=CN2C(=O)C[C@H]2SC1C(=O)O. The lowest BCUT2D eigenvalue weighted by Gasteiger charge is -2.42. The molecular formula is C9H9NO3S. The molecule has 0 aliphatic carbocycles. The zero-order valence-corrected chi connectivity index (χ0v) is 8.16. The maximum atomic E-state index is 11.1. The van der Waals surface area contributed by atoms with Gasteiger partial charge in [-0.2, -0.15) is 0 Å². The summed E-state index contributed by atoms with van der Waals surface area (Å²) in [6.45, 7) is 3.54. The number of hydrogen-bond acceptors (Lipinski definition) is 3. The quantitative estimate of drug-likeness (QED) is 0.687. The lowest BCUT2D eigenvalue weighted by molar-refractivity contribution is -0.139. The van der Waals surface area contributed by atoms with Gasteiger partial charge in [0, 0.05) is 6.20 Å². The molecule has 1 amide bonds. The van der Waals surface area contributed by atoms with Gasteiger partial charge >= 0.3 is 5.97 Å². The molecule has 5 heteroatoms. The zero-order valence-electron chi connectivity index (χ0n) is 7.34. The number of fused-ring (bicyclic) bond motifs is 1. The Morgan fingerprint density at radius 3 is 3.00 bits per heavy atom. The Balaban J connectivity index is 2.27. The number of thioether (sulfide) groups is 1. The van der Waals surface area contributed by atoms with Crippen LogP contribution in [0.4, 0.5) is 0 Å². The number of β-lactam (4-membered cyclic amide) rings is 1. The van der Waals surface area contributed by atoms with Crippen molar-refractivity contribution in [1.29, 1.82) is 0 Å². The standard InChI is InChI=1S/C9H9NO3S/c1-2-5-4-10-6(11)3-7(10)14-8(5)9(12)13/h2,4,7-8H,1,3H2,(H,12,13)/t7-,8?/m1/s1. The fourth-order valence-electron chi connectivity index (χ4n) is 1.49. The van der Waals surface area contributed by atoms with E-state index >= 15 is 0 Å². The minimum Gasteiger partial charge on any atom is -0.480 e. The van der Waals surface area contributed by atoms with E-state index in [2.05, 4.69) is 6.58 Å². The van der Waals surface area contributed by atoms with Gasteiger partial charge in [-0.3, -0.25) is 9.59 Å². The van der Waals surface area contributed by atoms with Gasteiger partial charge in [-0.25, -0.2) is 0 Å². The van der Waals surface area contributed by atoms with E-state index in [1.807, 2.05) is 0 Å². The summed E-state index contributed by atoms with van der Waals surface area (Å²) in [5.74, 6) is -0.828. The van der Waals surface area contributed by atoms with Crippen molar-refractivity contribution in [2.75, 3.05) is 0 Å². The minimum atomic E-state index is -0.875. The summed E-state index contributed by atoms with van der Waals surface area (Å²) >= 11 is 1.29. The molecule has 0 aromatic carbocycles. The summed E-state index contributed by atoms with van der Waals surface area (Å²) in [5.41, 5.74) is 0.590. The van der Waals surface area contributed by atoms with E-state index in [-0.39, 0.29) is 11.3 Å². The summed E-state index contributed by atoms with van der Waals surface area (Å²) in [7, 11) is 0. The molecule has 1 fully saturated rings. The number of carbonyl (C=O) groups excluding carboxylic acids is 1. The maximum absolute atomic E-state index is 11.1. The summed E-state index contributed by atoms with van der Waals surface area (Å²) in [6.07, 6.45) is 3.53. The molecule has 0 saturated carbocycles. The lowest BCUT2D eigenvalue weighted by atomic mass is 10.1. The first-order valence-corrected chi connectivity index (χ1v) is 5.11. The first-order valence-electron chi connectivity index (χ1n) is 4.17. The first-order chi connectivity index (χ1) is 6.63. The monoisotopic (exact) mass is 211 g/mol. The number of hydrogen-bond donors (Lipinski definition) is 1. The molecule has 4 nitrogen and oxygen atoms in total. The Hall–Kier alpha value is -1.23. The van der Waals surface area contributed by atoms with Crippen LogP contribution in [0.2, 0.25) is 0 Å². The number of nitrogens with zero attached hydrogens (tertiary/aromatic N) is 1. The number of allylic oxidation sites excluding steroid dienone is 1. The molecule has 14 heavy (non-hydrogen) atoms. The van der Waals surface area contributed by atoms with Gasteiger partial charge < -0.3 is 10.0 Å². The number of carbonyl (C=O) groups is 2. The third kappa shape index (κ3) is 1.24. The topological polar surface area (TPSA) is 57.6 Å². The van der Waals surface area contributed by atoms with Crippen LogP contribution in [-0.4, -0.2) is 32.5 Å². The Kier molecular flexibility index (Phi) is 2.11. The van der Waals surface area contributed by atoms with Gasteiger partial charge in [0.2, 0.25) is 5.91 Å². The van der Waals surface area contributed by atoms with Crippen LogP contribution in [0, 0.1) is 0 Å². The minimum absolute atomic E-state index is 0.00676. The van der Waals surface area contributed by atoms with Crippen molar-refractivity contribution in [3.05, 3.63) is 24.4 Å². The molecule has 1 saturated heterocycles. The van der Waals surface area contributed by atoms with Gasteiger partial charge in [-0.05, 0) is 5.57 Å². The lowest BCUT2D eigenvalue weighted by Crippen LogP contribution is -2.51. The molecule has 1 N–H and O–H groups in total. The number of aliphatic carboxylic acids is 1. The molecule has 0 bridgehead atoms. The first kappa shape index (κ1) is 9.33. The van der Waals surface area contributed by atoms with E-state index in [0.29, 0.717) is 12.0 Å². The van der Waals surface area contributed by atoms with Crippen molar-refractivity contribution in [3.8, 4) is 0 Å². The van der Waals surface area contributed by atoms with Crippen LogP contribution in [-0.2, 0) is 9.59 Å². The summed E-state index contributed by atoms with van der Waals surface area (Å²) in [4.78, 5) is 23.5. The number of carboxylic acids is 1. The van der Waals surface area contributed by atoms with Crippen molar-refractivity contribution >= 4 is 23.6 Å². The van der Waals surface area contributed by atoms with Crippen LogP contribution in [0.3, 0.4) is 0 Å². The summed E-state index contributed by atoms with van der Waals surface area (Å²) in [5, 5.41) is 8.35. The molecule has 2 rings (SSSR count). The van der Waals surface area contributed by atoms with Crippen LogP contribution in [0.25, 0.3) is 0 Å². The van der Waals surface area contributed by atoms with Gasteiger partial charge in [-0.1, -0.05) is 12.7 Å². The fourth-order valence-corrected chi connectivity index (χ4v) is 2.79. The third-order valence-electron chi connectivity index (χ3n) is 2.29. The molecule has 2 aliphatic heterocycles. The predicted molar refractivity (Wildman–Crippen MR) is 52.5 cm³/mol. The molecule has 2 heterocycles. The van der Waals surface area contributed by atoms with Crippen molar-refractivity contribution in [3.63, 3.8) is 0 Å². The number of carboxylic acid groups (broad SMARTS) is 1. The molecule has 0 radical (unpaired) electrons. The third-order valence-corrected chi connectivity index (χ3v) is 3.75. The van der Waals surface area contributed by atoms with Crippen molar-refractivity contribution in [1.82, 2.24) is 4.90 Å². The average molecular weight is 211 g/mol. The van der Waals surface area contributed by atoms with Gasteiger partial charge in [0.25, 0.3) is 0 Å². The smallest absolute Gasteiger partial charge is 0.321 e. The Morgan fingerprint density at radius 2 is 2.50 bits per heavy atom. The Labute approximate surface area is 85.3 Å². The fraction of sp³-hybridized carbons (Fsp3) is 0.333. The predicted octanol–water partition coefficient (Wildman–Crippen LogP) is 0.815. The molecule has 1 unspecified atom stereocenters. The van der Waals surface area contributed by atoms with Gasteiger partial charge in [0.15, 0.2) is 0 Å². The molecule has 2 aliphatic rings. The van der Waals surface area contributed by atoms with Crippen LogP contribution in [0.5, 0.6) is 0 Å². The normalized spacial score (nSPS) is 30.1. The summed E-state index contributed by atoms with van der Waals surface area (Å²) in [6, 6.07) is 0. The second-order valence-electron chi connectivity index (χ2n) is 3.15. The van der Waals surface area contributed by atoms with Crippen LogP contribution in [0.1, 0.15) is 6.42 Å². The highest BCUT2D eigenvalue weighted by molar-refractivity contribution is 8.01. The Morgan fingerprint density at radius 1 is 1.79 bits per heavy atom. The molecule has 0 aromatic rings. The van der Waals surface area contributed by atoms with Crippen molar-refractivity contribution in [2.45, 2.75) is 17.0 Å². The molecule has 0 aromatic heterocycles. The molecule has 74 valence electrons. The van der Waals surface area contributed by atoms with E-state index in [1.54, 1.807) is 11.1 Å². The van der Waals surface area contributed by atoms with Gasteiger partial charge in [0.1, 0.15) is 5.25 Å². The van der Waals surface area contributed by atoms with E-state index in [1.165, 1.54) is 17.8 Å². The highest BCUT2D eigenvalue weighted by Crippen LogP contribution is 2.40. The van der Waals surface area contributed by atoms with Crippen LogP contribution >= 0.6 is 11.8 Å². The van der Waals surface area contributed by atoms with Crippen LogP contribution in [0.15, 0.2) is 24.4 Å². The second-order valence-corrected chi connectivity index (χ2v) is 4.44. The molecule has 0 spiro atoms. The summed E-state index contributed by atoms with van der Waals surface area (Å²) < 4.78 is 0. The van der Waals surface area contributed by atoms with E-state index in [4.69, 9.17) is 5.11 Å². The highest BCUT2D eigenvalue weighted by Gasteiger charge is 2.43. The zero-order chi connectivity index (χ0) is 10.3. The largest absolute Gasteiger partial charge is 0.480 e. The van der Waals surface area contributed by atoms with E-state index < -0.39 is 11.2 Å². The van der Waals surface area contributed by atoms with E-state index in [9.17, 15) is 9.59 Å². The van der Waals surface area contributed by atoms with Crippen molar-refractivity contribution in [2.24, 2.45) is 0 Å². The number of rotatable bonds is 2. The highest BCUT2D eigenvalue weighted by atomic mass is 32.2. The molecular weight excluding hydrogens is 202 g/mol. The van der Waals surface area contributed by atoms with Gasteiger partial charge in [0.05, 0.1) is 11.8 Å². The average Bonchev–Trinajstić information content (AvgIpc) is 2.15. The Bertz CT molecular complexity index is 350. The van der Waals surface area contributed by atoms with Crippen LogP contribution < -0.4 is 0 Å². The second kappa shape index (κ2) is 3.16. The molecule has 2 atom stereocenters. The maximum Gasteiger partial charge on any atom is 0.321 e. The van der Waals surface area contributed by atoms with Crippen molar-refractivity contribution < 1.29 is 14.7 Å². The number of amides is 1.